The average Bonchev–Trinajstić information content (AvgIpc) is 2.16. The van der Waals surface area contributed by atoms with Crippen molar-refractivity contribution in [2.45, 2.75) is 33.1 Å². The molecule has 18 heavy (non-hydrogen) atoms. The summed E-state index contributed by atoms with van der Waals surface area (Å²) in [5, 5.41) is 6.16. The van der Waals surface area contributed by atoms with E-state index in [1.165, 1.54) is 5.56 Å². The molecule has 0 aromatic heterocycles. The number of hydrogen-bond donors (Lipinski definition) is 2. The number of hydrogen-bond acceptors (Lipinski definition) is 2. The van der Waals surface area contributed by atoms with E-state index >= 15 is 0 Å². The molecule has 0 unspecified atom stereocenters. The molecule has 1 aliphatic rings. The quantitative estimate of drug-likeness (QED) is 0.841. The van der Waals surface area contributed by atoms with E-state index in [4.69, 9.17) is 0 Å². The molecular formula is C15H22N2O. The van der Waals surface area contributed by atoms with Crippen molar-refractivity contribution in [2.75, 3.05) is 18.4 Å². The summed E-state index contributed by atoms with van der Waals surface area (Å²) in [5.41, 5.74) is 3.41. The van der Waals surface area contributed by atoms with Crippen LogP contribution in [0.4, 0.5) is 5.69 Å². The van der Waals surface area contributed by atoms with Crippen LogP contribution in [-0.4, -0.2) is 19.0 Å². The third kappa shape index (κ3) is 2.72. The Morgan fingerprint density at radius 2 is 2.00 bits per heavy atom. The van der Waals surface area contributed by atoms with Crippen molar-refractivity contribution in [3.63, 3.8) is 0 Å². The number of rotatable bonds is 2. The van der Waals surface area contributed by atoms with Gasteiger partial charge in [0.1, 0.15) is 0 Å². The lowest BCUT2D eigenvalue weighted by Crippen LogP contribution is -2.48. The predicted molar refractivity (Wildman–Crippen MR) is 74.9 cm³/mol. The molecule has 0 aliphatic carbocycles. The zero-order valence-electron chi connectivity index (χ0n) is 11.6. The van der Waals surface area contributed by atoms with E-state index in [0.29, 0.717) is 0 Å². The van der Waals surface area contributed by atoms with Gasteiger partial charge in [-0.05, 0) is 29.5 Å². The van der Waals surface area contributed by atoms with Crippen LogP contribution in [0.5, 0.6) is 0 Å². The highest BCUT2D eigenvalue weighted by Gasteiger charge is 2.25. The van der Waals surface area contributed by atoms with Crippen LogP contribution in [0.15, 0.2) is 18.2 Å². The summed E-state index contributed by atoms with van der Waals surface area (Å²) < 4.78 is 0. The second-order valence-corrected chi connectivity index (χ2v) is 6.12. The number of carbonyl (C=O) groups is 1. The second-order valence-electron chi connectivity index (χ2n) is 6.12. The van der Waals surface area contributed by atoms with E-state index in [2.05, 4.69) is 49.6 Å². The van der Waals surface area contributed by atoms with Crippen LogP contribution in [-0.2, 0) is 10.2 Å². The lowest BCUT2D eigenvalue weighted by Gasteiger charge is -2.27. The van der Waals surface area contributed by atoms with Crippen molar-refractivity contribution >= 4 is 11.6 Å². The third-order valence-corrected chi connectivity index (χ3v) is 3.51. The summed E-state index contributed by atoms with van der Waals surface area (Å²) >= 11 is 0. The normalized spacial score (nSPS) is 16.2. The third-order valence-electron chi connectivity index (χ3n) is 3.51. The number of nitrogens with one attached hydrogen (secondary N) is 2. The minimum atomic E-state index is 0.102. The molecule has 0 saturated carbocycles. The van der Waals surface area contributed by atoms with Crippen LogP contribution in [0.3, 0.4) is 0 Å². The van der Waals surface area contributed by atoms with Gasteiger partial charge in [0, 0.05) is 18.8 Å². The number of benzene rings is 1. The topological polar surface area (TPSA) is 41.1 Å². The minimum absolute atomic E-state index is 0.102. The second kappa shape index (κ2) is 4.73. The van der Waals surface area contributed by atoms with Crippen LogP contribution >= 0.6 is 0 Å². The molecule has 1 amide bonds. The van der Waals surface area contributed by atoms with E-state index in [1.807, 2.05) is 6.92 Å². The molecule has 0 bridgehead atoms. The summed E-state index contributed by atoms with van der Waals surface area (Å²) in [7, 11) is 0. The van der Waals surface area contributed by atoms with Gasteiger partial charge in [-0.3, -0.25) is 4.79 Å². The summed E-state index contributed by atoms with van der Waals surface area (Å²) in [6.07, 6.45) is 0. The summed E-state index contributed by atoms with van der Waals surface area (Å²) in [6.45, 7) is 10.2. The van der Waals surface area contributed by atoms with Gasteiger partial charge in [0.25, 0.3) is 0 Å². The maximum absolute atomic E-state index is 12.0. The predicted octanol–water partition coefficient (Wildman–Crippen LogP) is 2.45. The van der Waals surface area contributed by atoms with E-state index in [-0.39, 0.29) is 17.2 Å². The van der Waals surface area contributed by atoms with Gasteiger partial charge in [-0.25, -0.2) is 0 Å². The molecule has 3 heteroatoms. The summed E-state index contributed by atoms with van der Waals surface area (Å²) in [4.78, 5) is 12.0. The molecule has 1 saturated heterocycles. The van der Waals surface area contributed by atoms with Crippen LogP contribution in [0.25, 0.3) is 0 Å². The van der Waals surface area contributed by atoms with E-state index < -0.39 is 0 Å². The van der Waals surface area contributed by atoms with Crippen LogP contribution in [0, 0.1) is 12.8 Å². The standard InChI is InChI=1S/C15H22N2O/c1-10-5-6-12(15(2,3)4)7-13(10)17-14(18)11-8-16-9-11/h5-7,11,16H,8-9H2,1-4H3,(H,17,18). The van der Waals surface area contributed by atoms with Gasteiger partial charge in [-0.2, -0.15) is 0 Å². The lowest BCUT2D eigenvalue weighted by molar-refractivity contribution is -0.121. The number of amides is 1. The van der Waals surface area contributed by atoms with Crippen molar-refractivity contribution in [1.82, 2.24) is 5.32 Å². The highest BCUT2D eigenvalue weighted by molar-refractivity contribution is 5.94. The molecule has 0 radical (unpaired) electrons. The van der Waals surface area contributed by atoms with Crippen molar-refractivity contribution in [1.29, 1.82) is 0 Å². The maximum atomic E-state index is 12.0. The molecule has 0 atom stereocenters. The molecule has 2 rings (SSSR count). The first kappa shape index (κ1) is 13.1. The van der Waals surface area contributed by atoms with Crippen LogP contribution in [0.2, 0.25) is 0 Å². The molecule has 1 fully saturated rings. The Labute approximate surface area is 109 Å². The van der Waals surface area contributed by atoms with Gasteiger partial charge >= 0.3 is 0 Å². The first-order valence-corrected chi connectivity index (χ1v) is 6.50. The smallest absolute Gasteiger partial charge is 0.230 e. The Bertz CT molecular complexity index is 456. The maximum Gasteiger partial charge on any atom is 0.230 e. The molecule has 98 valence electrons. The van der Waals surface area contributed by atoms with Crippen molar-refractivity contribution in [2.24, 2.45) is 5.92 Å². The van der Waals surface area contributed by atoms with Crippen molar-refractivity contribution < 1.29 is 4.79 Å². The first-order chi connectivity index (χ1) is 8.38. The van der Waals surface area contributed by atoms with Crippen molar-refractivity contribution in [3.8, 4) is 0 Å². The monoisotopic (exact) mass is 246 g/mol. The number of carbonyl (C=O) groups excluding carboxylic acids is 1. The van der Waals surface area contributed by atoms with Gasteiger partial charge in [0.2, 0.25) is 5.91 Å². The molecular weight excluding hydrogens is 224 g/mol. The van der Waals surface area contributed by atoms with Crippen LogP contribution < -0.4 is 10.6 Å². The molecule has 1 aliphatic heterocycles. The molecule has 2 N–H and O–H groups in total. The Morgan fingerprint density at radius 3 is 2.50 bits per heavy atom. The summed E-state index contributed by atoms with van der Waals surface area (Å²) in [5.74, 6) is 0.255. The molecule has 1 heterocycles. The minimum Gasteiger partial charge on any atom is -0.326 e. The highest BCUT2D eigenvalue weighted by atomic mass is 16.2. The first-order valence-electron chi connectivity index (χ1n) is 6.50. The number of anilines is 1. The SMILES string of the molecule is Cc1ccc(C(C)(C)C)cc1NC(=O)C1CNC1. The number of aryl methyl sites for hydroxylation is 1. The fourth-order valence-electron chi connectivity index (χ4n) is 1.93. The van der Waals surface area contributed by atoms with E-state index in [1.54, 1.807) is 0 Å². The van der Waals surface area contributed by atoms with Gasteiger partial charge in [0.15, 0.2) is 0 Å². The van der Waals surface area contributed by atoms with Crippen LogP contribution in [0.1, 0.15) is 31.9 Å². The fourth-order valence-corrected chi connectivity index (χ4v) is 1.93. The molecule has 3 nitrogen and oxygen atoms in total. The lowest BCUT2D eigenvalue weighted by atomic mass is 9.86. The summed E-state index contributed by atoms with van der Waals surface area (Å²) in [6, 6.07) is 6.31. The van der Waals surface area contributed by atoms with Gasteiger partial charge < -0.3 is 10.6 Å². The highest BCUT2D eigenvalue weighted by Crippen LogP contribution is 2.27. The van der Waals surface area contributed by atoms with Gasteiger partial charge in [-0.1, -0.05) is 32.9 Å². The van der Waals surface area contributed by atoms with Gasteiger partial charge in [0.05, 0.1) is 5.92 Å². The van der Waals surface area contributed by atoms with E-state index in [9.17, 15) is 4.79 Å². The van der Waals surface area contributed by atoms with Gasteiger partial charge in [-0.15, -0.1) is 0 Å². The van der Waals surface area contributed by atoms with Crippen molar-refractivity contribution in [3.05, 3.63) is 29.3 Å². The zero-order chi connectivity index (χ0) is 13.3. The van der Waals surface area contributed by atoms with E-state index in [0.717, 1.165) is 24.3 Å². The Kier molecular flexibility index (Phi) is 3.44. The fraction of sp³-hybridized carbons (Fsp3) is 0.533. The molecule has 0 spiro atoms. The Hall–Kier alpha value is -1.35. The molecule has 1 aromatic carbocycles. The average molecular weight is 246 g/mol. The zero-order valence-corrected chi connectivity index (χ0v) is 11.6. The largest absolute Gasteiger partial charge is 0.326 e. The Balaban J connectivity index is 2.18. The Morgan fingerprint density at radius 1 is 1.33 bits per heavy atom. The molecule has 1 aromatic rings.